The van der Waals surface area contributed by atoms with Crippen molar-refractivity contribution in [3.8, 4) is 39.8 Å². The second kappa shape index (κ2) is 8.85. The van der Waals surface area contributed by atoms with Gasteiger partial charge in [-0.3, -0.25) is 4.40 Å². The minimum Gasteiger partial charge on any atom is -0.497 e. The van der Waals surface area contributed by atoms with E-state index in [1.807, 2.05) is 41.9 Å². The number of imidazole rings is 1. The monoisotopic (exact) mass is 449 g/mol. The summed E-state index contributed by atoms with van der Waals surface area (Å²) in [5, 5.41) is 5.56. The Morgan fingerprint density at radius 1 is 1.06 bits per heavy atom. The highest BCUT2D eigenvalue weighted by molar-refractivity contribution is 7.13. The van der Waals surface area contributed by atoms with Gasteiger partial charge in [0.25, 0.3) is 0 Å². The van der Waals surface area contributed by atoms with Gasteiger partial charge in [-0.15, -0.1) is 17.8 Å². The highest BCUT2D eigenvalue weighted by Crippen LogP contribution is 2.36. The molecule has 0 bridgehead atoms. The van der Waals surface area contributed by atoms with E-state index in [-0.39, 0.29) is 0 Å². The number of hydrogen-bond acceptors (Lipinski definition) is 4. The van der Waals surface area contributed by atoms with E-state index in [9.17, 15) is 0 Å². The van der Waals surface area contributed by atoms with Crippen LogP contribution in [0.3, 0.4) is 0 Å². The number of anilines is 1. The minimum atomic E-state index is 0.655. The van der Waals surface area contributed by atoms with Crippen LogP contribution < -0.4 is 10.1 Å². The van der Waals surface area contributed by atoms with Crippen LogP contribution in [0.15, 0.2) is 78.3 Å². The first-order chi connectivity index (χ1) is 16.2. The van der Waals surface area contributed by atoms with Gasteiger partial charge >= 0.3 is 0 Å². The van der Waals surface area contributed by atoms with Gasteiger partial charge in [0.15, 0.2) is 0 Å². The summed E-state index contributed by atoms with van der Waals surface area (Å²) in [5.74, 6) is 4.55. The normalized spacial score (nSPS) is 10.8. The Balaban J connectivity index is 0.000000324. The van der Waals surface area contributed by atoms with Crippen molar-refractivity contribution in [2.75, 3.05) is 12.4 Å². The molecule has 0 amide bonds. The van der Waals surface area contributed by atoms with Gasteiger partial charge in [-0.2, -0.15) is 0 Å². The number of terminal acetylenes is 1. The predicted molar refractivity (Wildman–Crippen MR) is 137 cm³/mol. The lowest BCUT2D eigenvalue weighted by Gasteiger charge is -2.10. The molecule has 3 heterocycles. The maximum Gasteiger partial charge on any atom is 0.142 e. The van der Waals surface area contributed by atoms with Crippen LogP contribution in [0.5, 0.6) is 5.75 Å². The van der Waals surface area contributed by atoms with E-state index in [4.69, 9.17) is 16.1 Å². The molecule has 0 spiro atoms. The molecule has 1 aromatic carbocycles. The smallest absolute Gasteiger partial charge is 0.142 e. The van der Waals surface area contributed by atoms with Gasteiger partial charge in [0, 0.05) is 18.3 Å². The number of thiophene rings is 1. The fourth-order valence-corrected chi connectivity index (χ4v) is 4.63. The van der Waals surface area contributed by atoms with Crippen molar-refractivity contribution >= 4 is 22.8 Å². The first-order valence-corrected chi connectivity index (χ1v) is 11.6. The number of aryl methyl sites for hydroxylation is 1. The summed E-state index contributed by atoms with van der Waals surface area (Å²) in [6.45, 7) is 2.72. The molecule has 5 heteroatoms. The molecular formula is C28H23N3OS. The summed E-state index contributed by atoms with van der Waals surface area (Å²) in [4.78, 5) is 5.91. The summed E-state index contributed by atoms with van der Waals surface area (Å²) in [6.07, 6.45) is 7.72. The zero-order valence-corrected chi connectivity index (χ0v) is 19.3. The van der Waals surface area contributed by atoms with E-state index < -0.39 is 0 Å². The van der Waals surface area contributed by atoms with Crippen molar-refractivity contribution in [3.63, 3.8) is 0 Å². The molecule has 33 heavy (non-hydrogen) atoms. The predicted octanol–water partition coefficient (Wildman–Crippen LogP) is 6.64. The number of benzene rings is 2. The van der Waals surface area contributed by atoms with Crippen molar-refractivity contribution in [2.45, 2.75) is 13.5 Å². The van der Waals surface area contributed by atoms with Crippen LogP contribution in [0.4, 0.5) is 5.82 Å². The molecule has 0 radical (unpaired) electrons. The molecule has 0 aliphatic heterocycles. The molecular weight excluding hydrogens is 426 g/mol. The number of fused-ring (bicyclic) bond motifs is 2. The summed E-state index contributed by atoms with van der Waals surface area (Å²) in [7, 11) is 1.68. The van der Waals surface area contributed by atoms with Crippen LogP contribution >= 0.6 is 11.3 Å². The van der Waals surface area contributed by atoms with Crippen molar-refractivity contribution in [3.05, 3.63) is 95.0 Å². The minimum absolute atomic E-state index is 0.655. The molecule has 162 valence electrons. The van der Waals surface area contributed by atoms with Gasteiger partial charge < -0.3 is 10.1 Å². The van der Waals surface area contributed by atoms with Gasteiger partial charge in [-0.05, 0) is 64.9 Å². The van der Waals surface area contributed by atoms with Crippen LogP contribution in [-0.4, -0.2) is 16.5 Å². The molecule has 6 rings (SSSR count). The highest BCUT2D eigenvalue weighted by Gasteiger charge is 2.18. The quantitative estimate of drug-likeness (QED) is 0.300. The fourth-order valence-electron chi connectivity index (χ4n) is 3.78. The van der Waals surface area contributed by atoms with Gasteiger partial charge in [-0.1, -0.05) is 42.3 Å². The maximum atomic E-state index is 5.69. The van der Waals surface area contributed by atoms with Gasteiger partial charge in [0.1, 0.15) is 22.9 Å². The SMILES string of the molecule is C#Cc1ccsc1-c1nc2c(C)cccn2c1NCc1cccc(OC)c1.c1cc2cc-2c1. The molecule has 0 unspecified atom stereocenters. The van der Waals surface area contributed by atoms with E-state index in [0.29, 0.717) is 6.54 Å². The lowest BCUT2D eigenvalue weighted by Crippen LogP contribution is -2.03. The number of ether oxygens (including phenoxy) is 1. The zero-order chi connectivity index (χ0) is 22.8. The van der Waals surface area contributed by atoms with Gasteiger partial charge in [0.2, 0.25) is 0 Å². The van der Waals surface area contributed by atoms with Crippen molar-refractivity contribution in [2.24, 2.45) is 0 Å². The molecule has 3 aromatic heterocycles. The van der Waals surface area contributed by atoms with Gasteiger partial charge in [0.05, 0.1) is 12.0 Å². The van der Waals surface area contributed by atoms with Crippen molar-refractivity contribution in [1.29, 1.82) is 0 Å². The topological polar surface area (TPSA) is 38.6 Å². The van der Waals surface area contributed by atoms with Crippen molar-refractivity contribution < 1.29 is 4.74 Å². The molecule has 0 atom stereocenters. The van der Waals surface area contributed by atoms with Crippen LogP contribution in [0.2, 0.25) is 0 Å². The summed E-state index contributed by atoms with van der Waals surface area (Å²) < 4.78 is 7.41. The number of nitrogens with one attached hydrogen (secondary N) is 1. The lowest BCUT2D eigenvalue weighted by molar-refractivity contribution is 0.414. The summed E-state index contributed by atoms with van der Waals surface area (Å²) >= 11 is 1.61. The first kappa shape index (κ1) is 20.9. The Kier molecular flexibility index (Phi) is 5.60. The van der Waals surface area contributed by atoms with Crippen molar-refractivity contribution in [1.82, 2.24) is 9.38 Å². The Bertz CT molecular complexity index is 1470. The second-order valence-electron chi connectivity index (χ2n) is 7.79. The standard InChI is InChI=1S/C22H19N3OS.C6H4/c1-4-17-10-12-27-20(17)19-22(25-11-6-7-15(2)21(25)24-19)23-14-16-8-5-9-18(13-16)26-3;1-2-5-4-6(5)3-1/h1,5-13,23H,14H2,2-3H3;1-4H. The molecule has 4 nitrogen and oxygen atoms in total. The van der Waals surface area contributed by atoms with Crippen LogP contribution in [0.25, 0.3) is 27.3 Å². The van der Waals surface area contributed by atoms with E-state index in [1.54, 1.807) is 18.4 Å². The molecule has 1 N–H and O–H groups in total. The van der Waals surface area contributed by atoms with E-state index in [1.165, 1.54) is 11.1 Å². The third-order valence-corrected chi connectivity index (χ3v) is 6.51. The largest absolute Gasteiger partial charge is 0.497 e. The number of nitrogens with zero attached hydrogens (tertiary/aromatic N) is 2. The van der Waals surface area contributed by atoms with Crippen LogP contribution in [0, 0.1) is 19.3 Å². The third-order valence-electron chi connectivity index (χ3n) is 5.59. The third kappa shape index (κ3) is 4.21. The number of hydrogen-bond donors (Lipinski definition) is 1. The number of aromatic nitrogens is 2. The average molecular weight is 450 g/mol. The highest BCUT2D eigenvalue weighted by atomic mass is 32.1. The van der Waals surface area contributed by atoms with Crippen LogP contribution in [-0.2, 0) is 6.54 Å². The molecule has 2 aliphatic carbocycles. The molecule has 0 saturated carbocycles. The Labute approximate surface area is 197 Å². The average Bonchev–Trinajstić information content (AvgIpc) is 3.20. The summed E-state index contributed by atoms with van der Waals surface area (Å²) in [5.41, 5.74) is 7.78. The van der Waals surface area contributed by atoms with E-state index in [0.717, 1.165) is 44.5 Å². The molecule has 2 aliphatic rings. The van der Waals surface area contributed by atoms with E-state index >= 15 is 0 Å². The second-order valence-corrected chi connectivity index (χ2v) is 8.70. The first-order valence-electron chi connectivity index (χ1n) is 10.7. The number of methoxy groups -OCH3 is 1. The zero-order valence-electron chi connectivity index (χ0n) is 18.5. The summed E-state index contributed by atoms with van der Waals surface area (Å²) in [6, 6.07) is 22.6. The Morgan fingerprint density at radius 3 is 2.58 bits per heavy atom. The Morgan fingerprint density at radius 2 is 1.88 bits per heavy atom. The number of pyridine rings is 1. The van der Waals surface area contributed by atoms with E-state index in [2.05, 4.69) is 59.0 Å². The van der Waals surface area contributed by atoms with Gasteiger partial charge in [-0.25, -0.2) is 4.98 Å². The molecule has 0 fully saturated rings. The molecule has 0 saturated heterocycles. The fraction of sp³-hybridized carbons (Fsp3) is 0.107. The van der Waals surface area contributed by atoms with Crippen LogP contribution in [0.1, 0.15) is 16.7 Å². The lowest BCUT2D eigenvalue weighted by atomic mass is 10.2. The Hall–Kier alpha value is -4.01. The number of rotatable bonds is 5. The maximum absolute atomic E-state index is 5.69. The molecule has 4 aromatic rings.